The lowest BCUT2D eigenvalue weighted by molar-refractivity contribution is -0.137. The second-order valence-electron chi connectivity index (χ2n) is 8.21. The van der Waals surface area contributed by atoms with Crippen molar-refractivity contribution in [3.05, 3.63) is 12.2 Å². The molecule has 29 heavy (non-hydrogen) atoms. The lowest BCUT2D eigenvalue weighted by Gasteiger charge is -2.04. The summed E-state index contributed by atoms with van der Waals surface area (Å²) in [4.78, 5) is 11.1. The maximum Gasteiger partial charge on any atom is 0.330 e. The van der Waals surface area contributed by atoms with Crippen molar-refractivity contribution >= 4 is 15.5 Å². The lowest BCUT2D eigenvalue weighted by atomic mass is 10.0. The Labute approximate surface area is 181 Å². The Morgan fingerprint density at radius 2 is 1.10 bits per heavy atom. The van der Waals surface area contributed by atoms with E-state index in [2.05, 4.69) is 0 Å². The predicted octanol–water partition coefficient (Wildman–Crippen LogP) is 7.55. The molecule has 0 atom stereocenters. The van der Waals surface area contributed by atoms with Gasteiger partial charge in [-0.25, -0.2) is 13.6 Å². The smallest absolute Gasteiger partial charge is 0.330 e. The van der Waals surface area contributed by atoms with E-state index in [1.165, 1.54) is 89.5 Å². The molecule has 0 bridgehead atoms. The van der Waals surface area contributed by atoms with Crippen LogP contribution in [0, 0.1) is 0 Å². The highest BCUT2D eigenvalue weighted by Crippen LogP contribution is 2.14. The molecular formula is C24H46F2O2Si. The molecule has 0 aromatic heterocycles. The van der Waals surface area contributed by atoms with Crippen LogP contribution in [0.5, 0.6) is 0 Å². The summed E-state index contributed by atoms with van der Waals surface area (Å²) in [5, 5.41) is 0. The molecule has 5 heteroatoms. The van der Waals surface area contributed by atoms with Gasteiger partial charge >= 0.3 is 5.97 Å². The molecule has 0 aliphatic heterocycles. The number of carbonyl (C=O) groups excluding carboxylic acids is 1. The number of carbonyl (C=O) groups is 1. The summed E-state index contributed by atoms with van der Waals surface area (Å²) in [6, 6.07) is -1.15. The van der Waals surface area contributed by atoms with Crippen molar-refractivity contribution < 1.29 is 18.3 Å². The molecule has 0 rings (SSSR count). The number of esters is 1. The fraction of sp³-hybridized carbons (Fsp3) is 0.875. The van der Waals surface area contributed by atoms with Gasteiger partial charge in [-0.15, -0.1) is 0 Å². The van der Waals surface area contributed by atoms with E-state index in [0.717, 1.165) is 31.7 Å². The van der Waals surface area contributed by atoms with Crippen molar-refractivity contribution in [1.82, 2.24) is 0 Å². The third-order valence-corrected chi connectivity index (χ3v) is 6.71. The highest BCUT2D eigenvalue weighted by atomic mass is 28.2. The zero-order chi connectivity index (χ0) is 21.4. The zero-order valence-corrected chi connectivity index (χ0v) is 20.4. The molecule has 0 aromatic rings. The van der Waals surface area contributed by atoms with Crippen LogP contribution < -0.4 is 0 Å². The van der Waals surface area contributed by atoms with Gasteiger partial charge in [0.1, 0.15) is 9.52 Å². The van der Waals surface area contributed by atoms with Gasteiger partial charge in [-0.1, -0.05) is 115 Å². The molecule has 0 N–H and O–H groups in total. The fourth-order valence-electron chi connectivity index (χ4n) is 3.59. The van der Waals surface area contributed by atoms with E-state index in [9.17, 15) is 13.6 Å². The van der Waals surface area contributed by atoms with Crippen LogP contribution in [0.1, 0.15) is 116 Å². The average molecular weight is 433 g/mol. The monoisotopic (exact) mass is 432 g/mol. The van der Waals surface area contributed by atoms with E-state index < -0.39 is 15.6 Å². The largest absolute Gasteiger partial charge is 0.463 e. The molecule has 2 nitrogen and oxygen atoms in total. The van der Waals surface area contributed by atoms with Crippen LogP contribution in [0.15, 0.2) is 12.2 Å². The lowest BCUT2D eigenvalue weighted by Crippen LogP contribution is -2.02. The Morgan fingerprint density at radius 1 is 0.724 bits per heavy atom. The number of hydrogen-bond donors (Lipinski definition) is 0. The minimum absolute atomic E-state index is 0.228. The van der Waals surface area contributed by atoms with Crippen molar-refractivity contribution in [1.29, 1.82) is 0 Å². The van der Waals surface area contributed by atoms with Crippen molar-refractivity contribution in [2.24, 2.45) is 0 Å². The number of hydrogen-bond acceptors (Lipinski definition) is 2. The Balaban J connectivity index is 3.06. The van der Waals surface area contributed by atoms with E-state index in [1.54, 1.807) is 6.08 Å². The Morgan fingerprint density at radius 3 is 1.48 bits per heavy atom. The summed E-state index contributed by atoms with van der Waals surface area (Å²) in [6.07, 6.45) is 24.7. The first-order valence-electron chi connectivity index (χ1n) is 12.2. The number of ether oxygens (including phenoxy) is 1. The number of allylic oxidation sites excluding steroid dienone is 1. The fourth-order valence-corrected chi connectivity index (χ4v) is 4.54. The molecular weight excluding hydrogens is 386 g/mol. The SMILES string of the molecule is CC=CC(=O)OCCCCCCCCCCCCCCCCCCC[SiH2]C(F)F. The summed E-state index contributed by atoms with van der Waals surface area (Å²) in [5.41, 5.74) is 0. The summed E-state index contributed by atoms with van der Waals surface area (Å²) in [7, 11) is -1.08. The predicted molar refractivity (Wildman–Crippen MR) is 124 cm³/mol. The Kier molecular flexibility index (Phi) is 23.0. The molecule has 0 saturated carbocycles. The molecule has 0 spiro atoms. The maximum absolute atomic E-state index is 12.1. The van der Waals surface area contributed by atoms with E-state index >= 15 is 0 Å². The van der Waals surface area contributed by atoms with Crippen LogP contribution in [0.3, 0.4) is 0 Å². The Hall–Kier alpha value is -0.713. The molecule has 0 saturated heterocycles. The molecule has 0 unspecified atom stereocenters. The Bertz CT molecular complexity index is 376. The van der Waals surface area contributed by atoms with Gasteiger partial charge in [0, 0.05) is 6.08 Å². The van der Waals surface area contributed by atoms with Gasteiger partial charge in [-0.2, -0.15) is 0 Å². The normalized spacial score (nSPS) is 12.0. The van der Waals surface area contributed by atoms with Crippen molar-refractivity contribution in [2.45, 2.75) is 128 Å². The van der Waals surface area contributed by atoms with Crippen molar-refractivity contribution in [3.8, 4) is 0 Å². The molecule has 0 aliphatic carbocycles. The van der Waals surface area contributed by atoms with Crippen molar-refractivity contribution in [3.63, 3.8) is 0 Å². The number of halogens is 2. The van der Waals surface area contributed by atoms with Crippen LogP contribution in [-0.2, 0) is 9.53 Å². The van der Waals surface area contributed by atoms with Crippen LogP contribution in [-0.4, -0.2) is 28.1 Å². The first-order chi connectivity index (χ1) is 14.2. The summed E-state index contributed by atoms with van der Waals surface area (Å²) in [5.74, 6) is -0.228. The van der Waals surface area contributed by atoms with E-state index in [1.807, 2.05) is 6.92 Å². The number of unbranched alkanes of at least 4 members (excludes halogenated alkanes) is 16. The van der Waals surface area contributed by atoms with Crippen molar-refractivity contribution in [2.75, 3.05) is 6.61 Å². The van der Waals surface area contributed by atoms with Gasteiger partial charge in [0.2, 0.25) is 6.05 Å². The summed E-state index contributed by atoms with van der Waals surface area (Å²) >= 11 is 0. The van der Waals surface area contributed by atoms with Crippen LogP contribution in [0.25, 0.3) is 0 Å². The highest BCUT2D eigenvalue weighted by Gasteiger charge is 2.02. The van der Waals surface area contributed by atoms with E-state index in [4.69, 9.17) is 4.74 Å². The zero-order valence-electron chi connectivity index (χ0n) is 18.9. The highest BCUT2D eigenvalue weighted by molar-refractivity contribution is 6.36. The minimum Gasteiger partial charge on any atom is -0.463 e. The van der Waals surface area contributed by atoms with Gasteiger partial charge in [0.15, 0.2) is 0 Å². The summed E-state index contributed by atoms with van der Waals surface area (Å²) < 4.78 is 29.2. The van der Waals surface area contributed by atoms with Gasteiger partial charge in [-0.3, -0.25) is 0 Å². The van der Waals surface area contributed by atoms with Gasteiger partial charge in [0.25, 0.3) is 0 Å². The summed E-state index contributed by atoms with van der Waals surface area (Å²) in [6.45, 7) is 2.36. The van der Waals surface area contributed by atoms with E-state index in [0.29, 0.717) is 6.61 Å². The van der Waals surface area contributed by atoms with Crippen LogP contribution in [0.2, 0.25) is 6.04 Å². The second kappa shape index (κ2) is 23.6. The standard InChI is InChI=1S/C24H46F2O2Si/c1-2-20-23(27)28-21-18-16-14-12-10-8-6-4-3-5-7-9-11-13-15-17-19-22-29-24(25)26/h2,20,24H,3-19,21-22,29H2,1H3. The molecule has 0 amide bonds. The molecule has 0 radical (unpaired) electrons. The molecule has 0 aromatic carbocycles. The molecule has 172 valence electrons. The topological polar surface area (TPSA) is 26.3 Å². The quantitative estimate of drug-likeness (QED) is 0.0764. The number of alkyl halides is 2. The van der Waals surface area contributed by atoms with E-state index in [-0.39, 0.29) is 5.97 Å². The first-order valence-corrected chi connectivity index (χ1v) is 14.1. The van der Waals surface area contributed by atoms with Gasteiger partial charge in [0.05, 0.1) is 6.61 Å². The molecule has 0 fully saturated rings. The van der Waals surface area contributed by atoms with Gasteiger partial charge in [-0.05, 0) is 13.3 Å². The maximum atomic E-state index is 12.1. The second-order valence-corrected chi connectivity index (χ2v) is 10.1. The number of rotatable bonds is 22. The average Bonchev–Trinajstić information content (AvgIpc) is 2.69. The van der Waals surface area contributed by atoms with Crippen LogP contribution >= 0.6 is 0 Å². The minimum atomic E-state index is -1.98. The third kappa shape index (κ3) is 25.3. The third-order valence-electron chi connectivity index (χ3n) is 5.36. The van der Waals surface area contributed by atoms with Crippen LogP contribution in [0.4, 0.5) is 8.78 Å². The molecule has 0 heterocycles. The van der Waals surface area contributed by atoms with Gasteiger partial charge < -0.3 is 4.74 Å². The molecule has 0 aliphatic rings. The first kappa shape index (κ1) is 28.3.